The van der Waals surface area contributed by atoms with Gasteiger partial charge in [-0.2, -0.15) is 0 Å². The summed E-state index contributed by atoms with van der Waals surface area (Å²) in [4.78, 5) is 10.6. The minimum Gasteiger partial charge on any atom is -0.465 e. The van der Waals surface area contributed by atoms with Gasteiger partial charge in [0.25, 0.3) is 0 Å². The molecule has 0 heterocycles. The van der Waals surface area contributed by atoms with Gasteiger partial charge in [0.1, 0.15) is 0 Å². The van der Waals surface area contributed by atoms with Crippen LogP contribution in [0.4, 0.5) is 4.79 Å². The predicted molar refractivity (Wildman–Crippen MR) is 57.8 cm³/mol. The van der Waals surface area contributed by atoms with Gasteiger partial charge >= 0.3 is 6.09 Å². The van der Waals surface area contributed by atoms with E-state index in [0.717, 1.165) is 32.1 Å². The minimum absolute atomic E-state index is 0.129. The molecule has 0 bridgehead atoms. The molecule has 1 rings (SSSR count). The van der Waals surface area contributed by atoms with Crippen molar-refractivity contribution in [2.45, 2.75) is 51.5 Å². The molecule has 1 amide bonds. The molecule has 1 saturated carbocycles. The van der Waals surface area contributed by atoms with Crippen molar-refractivity contribution in [2.24, 2.45) is 5.41 Å². The van der Waals surface area contributed by atoms with Gasteiger partial charge in [0.15, 0.2) is 0 Å². The number of amides is 1. The number of nitrogens with one attached hydrogen (secondary N) is 1. The van der Waals surface area contributed by atoms with Crippen molar-refractivity contribution in [3.05, 3.63) is 0 Å². The van der Waals surface area contributed by atoms with Gasteiger partial charge < -0.3 is 15.5 Å². The van der Waals surface area contributed by atoms with E-state index in [9.17, 15) is 9.90 Å². The third-order valence-corrected chi connectivity index (χ3v) is 3.23. The highest BCUT2D eigenvalue weighted by Gasteiger charge is 2.48. The van der Waals surface area contributed by atoms with Gasteiger partial charge in [0.2, 0.25) is 0 Å². The Morgan fingerprint density at radius 2 is 2.13 bits per heavy atom. The molecule has 0 aromatic carbocycles. The Labute approximate surface area is 90.7 Å². The summed E-state index contributed by atoms with van der Waals surface area (Å²) in [5, 5.41) is 20.7. The van der Waals surface area contributed by atoms with Crippen molar-refractivity contribution >= 4 is 6.09 Å². The maximum atomic E-state index is 10.6. The fourth-order valence-corrected chi connectivity index (χ4v) is 2.37. The summed E-state index contributed by atoms with van der Waals surface area (Å²) in [5.74, 6) is 0. The fraction of sp³-hybridized carbons (Fsp3) is 0.909. The van der Waals surface area contributed by atoms with E-state index in [1.807, 2.05) is 6.92 Å². The molecule has 0 saturated heterocycles. The molecule has 0 aliphatic heterocycles. The van der Waals surface area contributed by atoms with Crippen molar-refractivity contribution < 1.29 is 15.0 Å². The van der Waals surface area contributed by atoms with Crippen LogP contribution in [0.1, 0.15) is 46.0 Å². The second-order valence-electron chi connectivity index (χ2n) is 5.11. The van der Waals surface area contributed by atoms with Crippen LogP contribution >= 0.6 is 0 Å². The fourth-order valence-electron chi connectivity index (χ4n) is 2.37. The van der Waals surface area contributed by atoms with Crippen molar-refractivity contribution in [3.63, 3.8) is 0 Å². The van der Waals surface area contributed by atoms with Crippen LogP contribution in [0.2, 0.25) is 0 Å². The van der Waals surface area contributed by atoms with Crippen molar-refractivity contribution in [1.82, 2.24) is 5.32 Å². The largest absolute Gasteiger partial charge is 0.465 e. The summed E-state index contributed by atoms with van der Waals surface area (Å²) < 4.78 is 0. The Morgan fingerprint density at radius 1 is 1.53 bits per heavy atom. The van der Waals surface area contributed by atoms with Crippen LogP contribution in [0.15, 0.2) is 0 Å². The van der Waals surface area contributed by atoms with Gasteiger partial charge in [-0.3, -0.25) is 0 Å². The number of hydrogen-bond acceptors (Lipinski definition) is 2. The van der Waals surface area contributed by atoms with Crippen LogP contribution in [-0.2, 0) is 0 Å². The summed E-state index contributed by atoms with van der Waals surface area (Å²) in [6.07, 6.45) is 3.55. The topological polar surface area (TPSA) is 69.6 Å². The number of carbonyl (C=O) groups is 1. The van der Waals surface area contributed by atoms with E-state index in [1.165, 1.54) is 0 Å². The summed E-state index contributed by atoms with van der Waals surface area (Å²) >= 11 is 0. The van der Waals surface area contributed by atoms with E-state index in [1.54, 1.807) is 0 Å². The summed E-state index contributed by atoms with van der Waals surface area (Å²) in [7, 11) is 0. The van der Waals surface area contributed by atoms with Gasteiger partial charge in [-0.25, -0.2) is 4.79 Å². The molecule has 1 aliphatic carbocycles. The average molecular weight is 215 g/mol. The molecule has 0 aromatic heterocycles. The lowest BCUT2D eigenvalue weighted by Crippen LogP contribution is -2.41. The van der Waals surface area contributed by atoms with Gasteiger partial charge in [0.05, 0.1) is 0 Å². The second kappa shape index (κ2) is 4.39. The molecular formula is C11H21NO3. The highest BCUT2D eigenvalue weighted by Crippen LogP contribution is 2.46. The number of aliphatic hydroxyl groups is 1. The Balaban J connectivity index is 2.54. The lowest BCUT2D eigenvalue weighted by molar-refractivity contribution is 0.103. The van der Waals surface area contributed by atoms with E-state index in [0.29, 0.717) is 0 Å². The Kier molecular flexibility index (Phi) is 3.60. The Hall–Kier alpha value is -0.770. The molecule has 15 heavy (non-hydrogen) atoms. The van der Waals surface area contributed by atoms with Gasteiger partial charge in [-0.15, -0.1) is 0 Å². The first-order valence-electron chi connectivity index (χ1n) is 5.57. The zero-order chi connectivity index (χ0) is 11.5. The molecule has 0 spiro atoms. The molecule has 1 fully saturated rings. The quantitative estimate of drug-likeness (QED) is 0.634. The average Bonchev–Trinajstić information content (AvgIpc) is 2.83. The SMILES string of the molecule is CCCC(C)(CO)CC1(NC(=O)O)CC1. The van der Waals surface area contributed by atoms with E-state index in [-0.39, 0.29) is 17.6 Å². The van der Waals surface area contributed by atoms with Crippen molar-refractivity contribution in [3.8, 4) is 0 Å². The smallest absolute Gasteiger partial charge is 0.405 e. The number of rotatable bonds is 6. The first-order chi connectivity index (χ1) is 6.95. The molecule has 1 unspecified atom stereocenters. The van der Waals surface area contributed by atoms with Crippen LogP contribution in [-0.4, -0.2) is 28.5 Å². The van der Waals surface area contributed by atoms with Gasteiger partial charge in [-0.1, -0.05) is 20.3 Å². The number of carboxylic acid groups (broad SMARTS) is 1. The van der Waals surface area contributed by atoms with Crippen LogP contribution < -0.4 is 5.32 Å². The summed E-state index contributed by atoms with van der Waals surface area (Å²) in [5.41, 5.74) is -0.397. The number of hydrogen-bond donors (Lipinski definition) is 3. The maximum absolute atomic E-state index is 10.6. The Morgan fingerprint density at radius 3 is 2.47 bits per heavy atom. The monoisotopic (exact) mass is 215 g/mol. The molecule has 88 valence electrons. The van der Waals surface area contributed by atoms with Crippen LogP contribution in [0.25, 0.3) is 0 Å². The maximum Gasteiger partial charge on any atom is 0.405 e. The van der Waals surface area contributed by atoms with Crippen molar-refractivity contribution in [1.29, 1.82) is 0 Å². The molecule has 3 N–H and O–H groups in total. The van der Waals surface area contributed by atoms with E-state index < -0.39 is 6.09 Å². The van der Waals surface area contributed by atoms with Crippen molar-refractivity contribution in [2.75, 3.05) is 6.61 Å². The Bertz CT molecular complexity index is 238. The second-order valence-corrected chi connectivity index (χ2v) is 5.11. The first-order valence-corrected chi connectivity index (χ1v) is 5.57. The number of aliphatic hydroxyl groups excluding tert-OH is 1. The zero-order valence-corrected chi connectivity index (χ0v) is 9.55. The summed E-state index contributed by atoms with van der Waals surface area (Å²) in [6, 6.07) is 0. The molecule has 0 radical (unpaired) electrons. The third kappa shape index (κ3) is 3.38. The third-order valence-electron chi connectivity index (χ3n) is 3.23. The van der Waals surface area contributed by atoms with Gasteiger partial charge in [-0.05, 0) is 31.1 Å². The highest BCUT2D eigenvalue weighted by molar-refractivity contribution is 5.66. The lowest BCUT2D eigenvalue weighted by atomic mass is 9.79. The highest BCUT2D eigenvalue weighted by atomic mass is 16.4. The zero-order valence-electron chi connectivity index (χ0n) is 9.55. The molecule has 4 nitrogen and oxygen atoms in total. The molecule has 1 aliphatic rings. The lowest BCUT2D eigenvalue weighted by Gasteiger charge is -2.31. The van der Waals surface area contributed by atoms with E-state index >= 15 is 0 Å². The molecule has 1 atom stereocenters. The van der Waals surface area contributed by atoms with Crippen LogP contribution in [0.3, 0.4) is 0 Å². The first kappa shape index (κ1) is 12.3. The van der Waals surface area contributed by atoms with Crippen LogP contribution in [0, 0.1) is 5.41 Å². The molecular weight excluding hydrogens is 194 g/mol. The molecule has 0 aromatic rings. The van der Waals surface area contributed by atoms with Gasteiger partial charge in [0, 0.05) is 12.1 Å². The van der Waals surface area contributed by atoms with E-state index in [2.05, 4.69) is 12.2 Å². The summed E-state index contributed by atoms with van der Waals surface area (Å²) in [6.45, 7) is 4.24. The normalized spacial score (nSPS) is 21.8. The predicted octanol–water partition coefficient (Wildman–Crippen LogP) is 1.98. The molecule has 4 heteroatoms. The van der Waals surface area contributed by atoms with Crippen LogP contribution in [0.5, 0.6) is 0 Å². The van der Waals surface area contributed by atoms with E-state index in [4.69, 9.17) is 5.11 Å². The minimum atomic E-state index is -0.954. The standard InChI is InChI=1S/C11H21NO3/c1-3-4-10(2,8-13)7-11(5-6-11)12-9(14)15/h12-13H,3-8H2,1-2H3,(H,14,15).